The van der Waals surface area contributed by atoms with Gasteiger partial charge in [-0.15, -0.1) is 11.3 Å². The van der Waals surface area contributed by atoms with E-state index in [2.05, 4.69) is 10.3 Å². The summed E-state index contributed by atoms with van der Waals surface area (Å²) in [5, 5.41) is 3.45. The van der Waals surface area contributed by atoms with Gasteiger partial charge in [-0.3, -0.25) is 14.2 Å². The lowest BCUT2D eigenvalue weighted by Crippen LogP contribution is -2.34. The van der Waals surface area contributed by atoms with Gasteiger partial charge in [-0.1, -0.05) is 30.3 Å². The summed E-state index contributed by atoms with van der Waals surface area (Å²) >= 11 is 1.49. The quantitative estimate of drug-likeness (QED) is 0.775. The number of hydrogen-bond acceptors (Lipinski definition) is 4. The van der Waals surface area contributed by atoms with E-state index >= 15 is 0 Å². The van der Waals surface area contributed by atoms with Crippen LogP contribution in [0.2, 0.25) is 0 Å². The van der Waals surface area contributed by atoms with Crippen molar-refractivity contribution in [3.05, 3.63) is 63.0 Å². The second-order valence-corrected chi connectivity index (χ2v) is 6.95. The zero-order chi connectivity index (χ0) is 17.1. The maximum absolute atomic E-state index is 12.5. The monoisotopic (exact) mass is 341 g/mol. The molecule has 3 rings (SSSR count). The largest absolute Gasteiger partial charge is 0.354 e. The first-order chi connectivity index (χ1) is 11.5. The number of rotatable bonds is 5. The number of nitrogens with zero attached hydrogens (tertiary/aromatic N) is 2. The van der Waals surface area contributed by atoms with Crippen molar-refractivity contribution in [1.29, 1.82) is 0 Å². The molecule has 24 heavy (non-hydrogen) atoms. The van der Waals surface area contributed by atoms with Crippen molar-refractivity contribution in [2.75, 3.05) is 6.54 Å². The van der Waals surface area contributed by atoms with E-state index in [0.29, 0.717) is 17.8 Å². The topological polar surface area (TPSA) is 64.0 Å². The van der Waals surface area contributed by atoms with Crippen LogP contribution in [0.25, 0.3) is 10.2 Å². The van der Waals surface area contributed by atoms with E-state index in [1.54, 1.807) is 6.92 Å². The maximum atomic E-state index is 12.5. The van der Waals surface area contributed by atoms with Gasteiger partial charge in [-0.2, -0.15) is 0 Å². The molecule has 0 bridgehead atoms. The fourth-order valence-electron chi connectivity index (χ4n) is 2.61. The van der Waals surface area contributed by atoms with Crippen LogP contribution in [0.1, 0.15) is 16.3 Å². The van der Waals surface area contributed by atoms with Crippen LogP contribution < -0.4 is 10.9 Å². The highest BCUT2D eigenvalue weighted by molar-refractivity contribution is 7.18. The van der Waals surface area contributed by atoms with Crippen LogP contribution >= 0.6 is 11.3 Å². The molecule has 0 atom stereocenters. The summed E-state index contributed by atoms with van der Waals surface area (Å²) < 4.78 is 1.44. The summed E-state index contributed by atoms with van der Waals surface area (Å²) in [6, 6.07) is 11.8. The normalized spacial score (nSPS) is 10.9. The molecule has 124 valence electrons. The molecule has 1 N–H and O–H groups in total. The highest BCUT2D eigenvalue weighted by Crippen LogP contribution is 2.20. The van der Waals surface area contributed by atoms with Gasteiger partial charge in [-0.25, -0.2) is 4.98 Å². The van der Waals surface area contributed by atoms with Crippen molar-refractivity contribution in [2.24, 2.45) is 0 Å². The number of aryl methyl sites for hydroxylation is 2. The Bertz CT molecular complexity index is 929. The third kappa shape index (κ3) is 3.54. The van der Waals surface area contributed by atoms with Crippen molar-refractivity contribution in [3.8, 4) is 0 Å². The molecule has 0 unspecified atom stereocenters. The number of thiophene rings is 1. The molecule has 0 aliphatic heterocycles. The lowest BCUT2D eigenvalue weighted by Gasteiger charge is -2.10. The van der Waals surface area contributed by atoms with Gasteiger partial charge in [0.05, 0.1) is 5.39 Å². The first kappa shape index (κ1) is 16.4. The second kappa shape index (κ2) is 6.97. The predicted octanol–water partition coefficient (Wildman–Crippen LogP) is 2.43. The maximum Gasteiger partial charge on any atom is 0.262 e. The zero-order valence-electron chi connectivity index (χ0n) is 13.7. The molecule has 1 amide bonds. The summed E-state index contributed by atoms with van der Waals surface area (Å²) in [6.45, 7) is 4.25. The van der Waals surface area contributed by atoms with E-state index in [1.807, 2.05) is 43.3 Å². The fraction of sp³-hybridized carbons (Fsp3) is 0.278. The Labute approximate surface area is 144 Å². The molecule has 0 saturated heterocycles. The molecule has 0 spiro atoms. The number of nitrogens with one attached hydrogen (secondary N) is 1. The van der Waals surface area contributed by atoms with Crippen LogP contribution in [-0.4, -0.2) is 22.0 Å². The molecule has 0 fully saturated rings. The van der Waals surface area contributed by atoms with E-state index in [1.165, 1.54) is 21.5 Å². The number of benzene rings is 1. The highest BCUT2D eigenvalue weighted by atomic mass is 32.1. The number of hydrogen-bond donors (Lipinski definition) is 1. The summed E-state index contributed by atoms with van der Waals surface area (Å²) in [5.74, 6) is 0.386. The van der Waals surface area contributed by atoms with Crippen LogP contribution in [0.3, 0.4) is 0 Å². The SMILES string of the molecule is Cc1cc2c(=O)n(CC(=O)NCCc3ccccc3)c(C)nc2s1. The van der Waals surface area contributed by atoms with Gasteiger partial charge in [0.2, 0.25) is 5.91 Å². The lowest BCUT2D eigenvalue weighted by atomic mass is 10.1. The minimum Gasteiger partial charge on any atom is -0.354 e. The third-order valence-electron chi connectivity index (χ3n) is 3.85. The first-order valence-electron chi connectivity index (χ1n) is 7.83. The van der Waals surface area contributed by atoms with Crippen LogP contribution in [0.5, 0.6) is 0 Å². The van der Waals surface area contributed by atoms with E-state index in [0.717, 1.165) is 16.1 Å². The van der Waals surface area contributed by atoms with Crippen LogP contribution in [0.4, 0.5) is 0 Å². The molecule has 6 heteroatoms. The van der Waals surface area contributed by atoms with Gasteiger partial charge in [0.1, 0.15) is 17.2 Å². The Hall–Kier alpha value is -2.47. The lowest BCUT2D eigenvalue weighted by molar-refractivity contribution is -0.121. The van der Waals surface area contributed by atoms with E-state index in [4.69, 9.17) is 0 Å². The van der Waals surface area contributed by atoms with Gasteiger partial charge in [-0.05, 0) is 31.9 Å². The molecular formula is C18H19N3O2S. The van der Waals surface area contributed by atoms with Gasteiger partial charge in [0.15, 0.2) is 0 Å². The second-order valence-electron chi connectivity index (χ2n) is 5.71. The minimum absolute atomic E-state index is 0.00269. The Kier molecular flexibility index (Phi) is 4.76. The molecule has 0 aliphatic carbocycles. The number of amides is 1. The highest BCUT2D eigenvalue weighted by Gasteiger charge is 2.13. The Balaban J connectivity index is 1.68. The van der Waals surface area contributed by atoms with E-state index < -0.39 is 0 Å². The molecule has 5 nitrogen and oxygen atoms in total. The summed E-state index contributed by atoms with van der Waals surface area (Å²) in [7, 11) is 0. The molecule has 0 saturated carbocycles. The molecule has 2 heterocycles. The average Bonchev–Trinajstić information content (AvgIpc) is 2.93. The zero-order valence-corrected chi connectivity index (χ0v) is 14.5. The number of fused-ring (bicyclic) bond motifs is 1. The molecule has 1 aromatic carbocycles. The molecule has 0 radical (unpaired) electrons. The van der Waals surface area contributed by atoms with E-state index in [9.17, 15) is 9.59 Å². The number of carbonyl (C=O) groups excluding carboxylic acids is 1. The molecule has 2 aromatic heterocycles. The van der Waals surface area contributed by atoms with Crippen molar-refractivity contribution < 1.29 is 4.79 Å². The van der Waals surface area contributed by atoms with Crippen molar-refractivity contribution >= 4 is 27.5 Å². The predicted molar refractivity (Wildman–Crippen MR) is 96.5 cm³/mol. The van der Waals surface area contributed by atoms with Crippen molar-refractivity contribution in [3.63, 3.8) is 0 Å². The average molecular weight is 341 g/mol. The summed E-state index contributed by atoms with van der Waals surface area (Å²) in [5.41, 5.74) is 1.02. The van der Waals surface area contributed by atoms with Crippen molar-refractivity contribution in [1.82, 2.24) is 14.9 Å². The third-order valence-corrected chi connectivity index (χ3v) is 4.79. The fourth-order valence-corrected chi connectivity index (χ4v) is 3.53. The Morgan fingerprint density at radius 1 is 1.25 bits per heavy atom. The molecular weight excluding hydrogens is 322 g/mol. The van der Waals surface area contributed by atoms with Gasteiger partial charge in [0, 0.05) is 11.4 Å². The molecule has 3 aromatic rings. The van der Waals surface area contributed by atoms with Gasteiger partial charge in [0.25, 0.3) is 5.56 Å². The molecule has 0 aliphatic rings. The Morgan fingerprint density at radius 2 is 2.00 bits per heavy atom. The van der Waals surface area contributed by atoms with Crippen LogP contribution in [0.15, 0.2) is 41.2 Å². The number of aromatic nitrogens is 2. The smallest absolute Gasteiger partial charge is 0.262 e. The minimum atomic E-state index is -0.177. The summed E-state index contributed by atoms with van der Waals surface area (Å²) in [4.78, 5) is 30.9. The van der Waals surface area contributed by atoms with Crippen LogP contribution in [-0.2, 0) is 17.8 Å². The Morgan fingerprint density at radius 3 is 2.75 bits per heavy atom. The standard InChI is InChI=1S/C18H19N3O2S/c1-12-10-15-17(24-12)20-13(2)21(18(15)23)11-16(22)19-9-8-14-6-4-3-5-7-14/h3-7,10H,8-9,11H2,1-2H3,(H,19,22). The number of carbonyl (C=O) groups is 1. The van der Waals surface area contributed by atoms with Gasteiger partial charge < -0.3 is 5.32 Å². The van der Waals surface area contributed by atoms with Gasteiger partial charge >= 0.3 is 0 Å². The summed E-state index contributed by atoms with van der Waals surface area (Å²) in [6.07, 6.45) is 0.765. The van der Waals surface area contributed by atoms with Crippen molar-refractivity contribution in [2.45, 2.75) is 26.8 Å². The van der Waals surface area contributed by atoms with Crippen LogP contribution in [0, 0.1) is 13.8 Å². The first-order valence-corrected chi connectivity index (χ1v) is 8.64. The van der Waals surface area contributed by atoms with E-state index in [-0.39, 0.29) is 18.0 Å².